The Bertz CT molecular complexity index is 685. The number of fused-ring (bicyclic) bond motifs is 1. The van der Waals surface area contributed by atoms with Crippen LogP contribution in [0, 0.1) is 5.92 Å². The van der Waals surface area contributed by atoms with E-state index < -0.39 is 0 Å². The first kappa shape index (κ1) is 15.9. The van der Waals surface area contributed by atoms with Gasteiger partial charge in [-0.2, -0.15) is 0 Å². The molecule has 0 radical (unpaired) electrons. The number of H-pyrrole nitrogens is 1. The smallest absolute Gasteiger partial charge is 0.251 e. The van der Waals surface area contributed by atoms with Crippen molar-refractivity contribution in [2.75, 3.05) is 39.9 Å². The minimum atomic E-state index is -0.147. The van der Waals surface area contributed by atoms with Crippen LogP contribution in [-0.2, 0) is 11.3 Å². The molecule has 2 aromatic rings. The number of hydrogen-bond acceptors (Lipinski definition) is 5. The van der Waals surface area contributed by atoms with Crippen molar-refractivity contribution >= 4 is 16.9 Å². The standard InChI is InChI=1S/C16H22N4O3/c1-20-4-5-23-10-11(8-20)7-17-16(22)12-2-3-13-14(6-12)19-15(9-21)18-13/h2-3,6,11,21H,4-5,7-10H2,1H3,(H,17,22)(H,18,19)/t11-/m0/s1. The largest absolute Gasteiger partial charge is 0.388 e. The summed E-state index contributed by atoms with van der Waals surface area (Å²) in [5.74, 6) is 0.679. The second-order valence-corrected chi connectivity index (χ2v) is 5.99. The zero-order valence-corrected chi connectivity index (χ0v) is 13.2. The van der Waals surface area contributed by atoms with E-state index in [1.807, 2.05) is 0 Å². The van der Waals surface area contributed by atoms with Gasteiger partial charge in [0.15, 0.2) is 0 Å². The number of rotatable bonds is 4. The monoisotopic (exact) mass is 318 g/mol. The number of nitrogens with one attached hydrogen (secondary N) is 2. The predicted molar refractivity (Wildman–Crippen MR) is 86.2 cm³/mol. The fourth-order valence-corrected chi connectivity index (χ4v) is 2.80. The molecular formula is C16H22N4O3. The van der Waals surface area contributed by atoms with E-state index in [-0.39, 0.29) is 12.5 Å². The summed E-state index contributed by atoms with van der Waals surface area (Å²) in [5, 5.41) is 12.1. The Kier molecular flexibility index (Phi) is 4.90. The number of imidazole rings is 1. The normalized spacial score (nSPS) is 19.7. The van der Waals surface area contributed by atoms with Crippen molar-refractivity contribution < 1.29 is 14.6 Å². The fraction of sp³-hybridized carbons (Fsp3) is 0.500. The number of aliphatic hydroxyl groups is 1. The summed E-state index contributed by atoms with van der Waals surface area (Å²) in [6.45, 7) is 3.69. The van der Waals surface area contributed by atoms with Gasteiger partial charge in [0.1, 0.15) is 12.4 Å². The average Bonchev–Trinajstić information content (AvgIpc) is 2.86. The quantitative estimate of drug-likeness (QED) is 0.757. The first-order chi connectivity index (χ1) is 11.2. The van der Waals surface area contributed by atoms with Crippen molar-refractivity contribution in [3.63, 3.8) is 0 Å². The molecule has 0 aliphatic carbocycles. The van der Waals surface area contributed by atoms with Crippen molar-refractivity contribution in [3.05, 3.63) is 29.6 Å². The van der Waals surface area contributed by atoms with Crippen LogP contribution in [0.1, 0.15) is 16.2 Å². The number of likely N-dealkylation sites (N-methyl/N-ethyl adjacent to an activating group) is 1. The molecule has 1 fully saturated rings. The molecule has 3 rings (SSSR count). The van der Waals surface area contributed by atoms with Crippen LogP contribution in [0.5, 0.6) is 0 Å². The maximum absolute atomic E-state index is 12.3. The summed E-state index contributed by atoms with van der Waals surface area (Å²) in [5.41, 5.74) is 2.07. The molecule has 0 spiro atoms. The first-order valence-electron chi connectivity index (χ1n) is 7.79. The van der Waals surface area contributed by atoms with E-state index in [4.69, 9.17) is 9.84 Å². The van der Waals surface area contributed by atoms with E-state index in [9.17, 15) is 4.79 Å². The third-order valence-electron chi connectivity index (χ3n) is 4.03. The van der Waals surface area contributed by atoms with Crippen LogP contribution < -0.4 is 5.32 Å². The Morgan fingerprint density at radius 1 is 1.57 bits per heavy atom. The number of benzene rings is 1. The molecule has 3 N–H and O–H groups in total. The van der Waals surface area contributed by atoms with Crippen LogP contribution in [0.15, 0.2) is 18.2 Å². The van der Waals surface area contributed by atoms with Gasteiger partial charge in [-0.3, -0.25) is 4.79 Å². The van der Waals surface area contributed by atoms with Crippen molar-refractivity contribution in [3.8, 4) is 0 Å². The molecule has 2 heterocycles. The summed E-state index contributed by atoms with van der Waals surface area (Å²) in [7, 11) is 2.06. The summed E-state index contributed by atoms with van der Waals surface area (Å²) in [4.78, 5) is 21.7. The number of aromatic nitrogens is 2. The molecule has 1 aromatic carbocycles. The van der Waals surface area contributed by atoms with Gasteiger partial charge in [-0.15, -0.1) is 0 Å². The van der Waals surface area contributed by atoms with Gasteiger partial charge in [-0.25, -0.2) is 4.98 Å². The second-order valence-electron chi connectivity index (χ2n) is 5.99. The molecule has 0 saturated carbocycles. The minimum absolute atomic E-state index is 0.112. The Hall–Kier alpha value is -1.96. The molecule has 1 saturated heterocycles. The van der Waals surface area contributed by atoms with E-state index in [2.05, 4.69) is 27.2 Å². The number of amides is 1. The van der Waals surface area contributed by atoms with Gasteiger partial charge in [0.2, 0.25) is 0 Å². The molecular weight excluding hydrogens is 296 g/mol. The van der Waals surface area contributed by atoms with Crippen LogP contribution in [0.25, 0.3) is 11.0 Å². The third-order valence-corrected chi connectivity index (χ3v) is 4.03. The molecule has 0 unspecified atom stereocenters. The summed E-state index contributed by atoms with van der Waals surface area (Å²) < 4.78 is 5.56. The number of carbonyl (C=O) groups is 1. The highest BCUT2D eigenvalue weighted by Gasteiger charge is 2.17. The Morgan fingerprint density at radius 3 is 3.26 bits per heavy atom. The topological polar surface area (TPSA) is 90.5 Å². The fourth-order valence-electron chi connectivity index (χ4n) is 2.80. The molecule has 124 valence electrons. The van der Waals surface area contributed by atoms with E-state index in [0.29, 0.717) is 30.5 Å². The molecule has 1 aromatic heterocycles. The lowest BCUT2D eigenvalue weighted by Crippen LogP contribution is -2.35. The first-order valence-corrected chi connectivity index (χ1v) is 7.79. The SMILES string of the molecule is CN1CCOC[C@@H](CNC(=O)c2ccc3nc(CO)[nH]c3c2)C1. The van der Waals surface area contributed by atoms with Crippen molar-refractivity contribution in [1.82, 2.24) is 20.2 Å². The number of hydrogen-bond donors (Lipinski definition) is 3. The summed E-state index contributed by atoms with van der Waals surface area (Å²) >= 11 is 0. The molecule has 7 nitrogen and oxygen atoms in total. The van der Waals surface area contributed by atoms with E-state index >= 15 is 0 Å². The van der Waals surface area contributed by atoms with Gasteiger partial charge in [-0.05, 0) is 25.2 Å². The lowest BCUT2D eigenvalue weighted by molar-refractivity contribution is 0.0921. The summed E-state index contributed by atoms with van der Waals surface area (Å²) in [6, 6.07) is 5.28. The molecule has 7 heteroatoms. The van der Waals surface area contributed by atoms with Crippen LogP contribution in [0.3, 0.4) is 0 Å². The van der Waals surface area contributed by atoms with E-state index in [0.717, 1.165) is 30.7 Å². The molecule has 1 amide bonds. The maximum Gasteiger partial charge on any atom is 0.251 e. The van der Waals surface area contributed by atoms with Crippen molar-refractivity contribution in [1.29, 1.82) is 0 Å². The average molecular weight is 318 g/mol. The second kappa shape index (κ2) is 7.08. The van der Waals surface area contributed by atoms with Gasteiger partial charge < -0.3 is 25.0 Å². The molecule has 23 heavy (non-hydrogen) atoms. The maximum atomic E-state index is 12.3. The molecule has 1 aliphatic rings. The lowest BCUT2D eigenvalue weighted by atomic mass is 10.1. The minimum Gasteiger partial charge on any atom is -0.388 e. The highest BCUT2D eigenvalue weighted by Crippen LogP contribution is 2.14. The van der Waals surface area contributed by atoms with E-state index in [1.54, 1.807) is 18.2 Å². The van der Waals surface area contributed by atoms with Gasteiger partial charge in [-0.1, -0.05) is 0 Å². The highest BCUT2D eigenvalue weighted by atomic mass is 16.5. The molecule has 1 atom stereocenters. The third kappa shape index (κ3) is 3.87. The number of aromatic amines is 1. The number of ether oxygens (including phenoxy) is 1. The van der Waals surface area contributed by atoms with Gasteiger partial charge in [0, 0.05) is 31.1 Å². The van der Waals surface area contributed by atoms with Crippen molar-refractivity contribution in [2.24, 2.45) is 5.92 Å². The molecule has 0 bridgehead atoms. The highest BCUT2D eigenvalue weighted by molar-refractivity contribution is 5.97. The predicted octanol–water partition coefficient (Wildman–Crippen LogP) is 0.363. The van der Waals surface area contributed by atoms with Gasteiger partial charge in [0.05, 0.1) is 24.2 Å². The Balaban J connectivity index is 1.63. The number of carbonyl (C=O) groups excluding carboxylic acids is 1. The van der Waals surface area contributed by atoms with Crippen LogP contribution >= 0.6 is 0 Å². The van der Waals surface area contributed by atoms with E-state index in [1.165, 1.54) is 0 Å². The Labute approximate surface area is 134 Å². The van der Waals surface area contributed by atoms with Crippen LogP contribution in [0.2, 0.25) is 0 Å². The van der Waals surface area contributed by atoms with Crippen molar-refractivity contribution in [2.45, 2.75) is 6.61 Å². The van der Waals surface area contributed by atoms with Crippen LogP contribution in [-0.4, -0.2) is 65.8 Å². The summed E-state index contributed by atoms with van der Waals surface area (Å²) in [6.07, 6.45) is 0. The van der Waals surface area contributed by atoms with Crippen LogP contribution in [0.4, 0.5) is 0 Å². The molecule has 1 aliphatic heterocycles. The number of nitrogens with zero attached hydrogens (tertiary/aromatic N) is 2. The Morgan fingerprint density at radius 2 is 2.43 bits per heavy atom. The van der Waals surface area contributed by atoms with Gasteiger partial charge >= 0.3 is 0 Å². The number of aliphatic hydroxyl groups excluding tert-OH is 1. The lowest BCUT2D eigenvalue weighted by Gasteiger charge is -2.19. The zero-order chi connectivity index (χ0) is 16.2. The van der Waals surface area contributed by atoms with Gasteiger partial charge in [0.25, 0.3) is 5.91 Å². The zero-order valence-electron chi connectivity index (χ0n) is 13.2.